The predicted octanol–water partition coefficient (Wildman–Crippen LogP) is 6.08. The quantitative estimate of drug-likeness (QED) is 0.326. The molecule has 2 aromatic heterocycles. The summed E-state index contributed by atoms with van der Waals surface area (Å²) in [6, 6.07) is 18.2. The van der Waals surface area contributed by atoms with Crippen molar-refractivity contribution < 1.29 is 8.73 Å². The Morgan fingerprint density at radius 1 is 1.16 bits per heavy atom. The van der Waals surface area contributed by atoms with Crippen molar-refractivity contribution in [3.8, 4) is 11.3 Å². The standard InChI is InChI=1S/C25H26BrN3O2S/c1-16-12-18(26)15-28-22(16)13-17(14-25(2,3)32(27)30)19-8-4-5-9-20(19)24-21-10-6-7-11-23(21)31-29-24/h4-12,15,17H,13-14,27H2,1-3H3/t17-,32?/m0/s1. The molecule has 2 aromatic carbocycles. The third kappa shape index (κ3) is 4.70. The molecule has 2 heterocycles. The van der Waals surface area contributed by atoms with Crippen molar-refractivity contribution in [3.05, 3.63) is 82.1 Å². The summed E-state index contributed by atoms with van der Waals surface area (Å²) in [5.41, 5.74) is 5.82. The van der Waals surface area contributed by atoms with E-state index in [4.69, 9.17) is 9.66 Å². The Morgan fingerprint density at radius 2 is 1.88 bits per heavy atom. The number of pyridine rings is 1. The molecule has 0 radical (unpaired) electrons. The van der Waals surface area contributed by atoms with Crippen molar-refractivity contribution in [3.63, 3.8) is 0 Å². The number of halogens is 1. The van der Waals surface area contributed by atoms with E-state index in [0.29, 0.717) is 12.8 Å². The zero-order valence-corrected chi connectivity index (χ0v) is 20.7. The van der Waals surface area contributed by atoms with Crippen LogP contribution in [0, 0.1) is 6.92 Å². The summed E-state index contributed by atoms with van der Waals surface area (Å²) in [5, 5.41) is 11.2. The molecular formula is C25H26BrN3O2S. The fraction of sp³-hybridized carbons (Fsp3) is 0.280. The second-order valence-corrected chi connectivity index (χ2v) is 11.3. The Kier molecular flexibility index (Phi) is 6.60. The number of nitrogens with two attached hydrogens (primary N) is 1. The largest absolute Gasteiger partial charge is 0.356 e. The maximum atomic E-state index is 12.3. The lowest BCUT2D eigenvalue weighted by Gasteiger charge is -2.29. The average molecular weight is 512 g/mol. The summed E-state index contributed by atoms with van der Waals surface area (Å²) in [6.45, 7) is 5.96. The molecule has 0 spiro atoms. The summed E-state index contributed by atoms with van der Waals surface area (Å²) < 4.78 is 18.3. The zero-order chi connectivity index (χ0) is 22.9. The molecule has 166 valence electrons. The Labute approximate surface area is 199 Å². The molecule has 0 aliphatic rings. The molecule has 0 aliphatic carbocycles. The minimum absolute atomic E-state index is 0.0385. The van der Waals surface area contributed by atoms with Gasteiger partial charge < -0.3 is 4.52 Å². The summed E-state index contributed by atoms with van der Waals surface area (Å²) in [5.74, 6) is 0.0385. The summed E-state index contributed by atoms with van der Waals surface area (Å²) >= 11 is 3.50. The van der Waals surface area contributed by atoms with Crippen LogP contribution in [0.15, 0.2) is 69.8 Å². The molecule has 5 nitrogen and oxygen atoms in total. The lowest BCUT2D eigenvalue weighted by Crippen LogP contribution is -2.34. The SMILES string of the molecule is Cc1cc(Br)cnc1C[C@@H](CC(C)(C)S(N)=O)c1ccccc1-c1noc2ccccc12. The molecular weight excluding hydrogens is 486 g/mol. The Hall–Kier alpha value is -2.35. The summed E-state index contributed by atoms with van der Waals surface area (Å²) in [7, 11) is -1.46. The van der Waals surface area contributed by atoms with E-state index in [1.54, 1.807) is 0 Å². The van der Waals surface area contributed by atoms with Gasteiger partial charge in [-0.25, -0.2) is 4.21 Å². The van der Waals surface area contributed by atoms with Crippen LogP contribution in [0.3, 0.4) is 0 Å². The monoisotopic (exact) mass is 511 g/mol. The molecule has 7 heteroatoms. The Morgan fingerprint density at radius 3 is 2.62 bits per heavy atom. The second kappa shape index (κ2) is 9.25. The lowest BCUT2D eigenvalue weighted by molar-refractivity contribution is 0.459. The van der Waals surface area contributed by atoms with Crippen molar-refractivity contribution in [1.82, 2.24) is 10.1 Å². The first-order chi connectivity index (χ1) is 15.3. The molecule has 4 aromatic rings. The number of fused-ring (bicyclic) bond motifs is 1. The van der Waals surface area contributed by atoms with Crippen LogP contribution in [-0.4, -0.2) is 19.1 Å². The number of hydrogen-bond donors (Lipinski definition) is 1. The van der Waals surface area contributed by atoms with E-state index in [2.05, 4.69) is 51.2 Å². The highest BCUT2D eigenvalue weighted by atomic mass is 79.9. The third-order valence-electron chi connectivity index (χ3n) is 5.91. The second-order valence-electron chi connectivity index (χ2n) is 8.69. The summed E-state index contributed by atoms with van der Waals surface area (Å²) in [4.78, 5) is 4.67. The first-order valence-corrected chi connectivity index (χ1v) is 12.5. The molecule has 0 aliphatic heterocycles. The molecule has 0 fully saturated rings. The Balaban J connectivity index is 1.83. The van der Waals surface area contributed by atoms with Crippen LogP contribution >= 0.6 is 15.9 Å². The van der Waals surface area contributed by atoms with Crippen molar-refractivity contribution >= 4 is 37.9 Å². The molecule has 4 rings (SSSR count). The molecule has 2 N–H and O–H groups in total. The topological polar surface area (TPSA) is 82.0 Å². The van der Waals surface area contributed by atoms with Crippen molar-refractivity contribution in [2.24, 2.45) is 5.14 Å². The van der Waals surface area contributed by atoms with Gasteiger partial charge >= 0.3 is 0 Å². The van der Waals surface area contributed by atoms with Crippen LogP contribution in [0.2, 0.25) is 0 Å². The highest BCUT2D eigenvalue weighted by Crippen LogP contribution is 2.39. The first-order valence-electron chi connectivity index (χ1n) is 10.5. The van der Waals surface area contributed by atoms with Gasteiger partial charge in [-0.3, -0.25) is 10.1 Å². The Bertz CT molecular complexity index is 1290. The lowest BCUT2D eigenvalue weighted by atomic mass is 9.82. The highest BCUT2D eigenvalue weighted by Gasteiger charge is 2.31. The van der Waals surface area contributed by atoms with Gasteiger partial charge in [0, 0.05) is 27.3 Å². The van der Waals surface area contributed by atoms with Crippen LogP contribution in [0.1, 0.15) is 43.0 Å². The number of aromatic nitrogens is 2. The number of hydrogen-bond acceptors (Lipinski definition) is 4. The van der Waals surface area contributed by atoms with E-state index in [-0.39, 0.29) is 5.92 Å². The van der Waals surface area contributed by atoms with E-state index in [1.807, 2.05) is 56.4 Å². The van der Waals surface area contributed by atoms with Crippen LogP contribution in [-0.2, 0) is 17.4 Å². The van der Waals surface area contributed by atoms with Gasteiger partial charge in [0.25, 0.3) is 0 Å². The van der Waals surface area contributed by atoms with E-state index in [1.165, 1.54) is 0 Å². The molecule has 0 amide bonds. The zero-order valence-electron chi connectivity index (χ0n) is 18.3. The van der Waals surface area contributed by atoms with Gasteiger partial charge in [-0.05, 0) is 84.8 Å². The molecule has 1 unspecified atom stereocenters. The van der Waals surface area contributed by atoms with E-state index >= 15 is 0 Å². The smallest absolute Gasteiger partial charge is 0.167 e. The van der Waals surface area contributed by atoms with Crippen molar-refractivity contribution in [2.75, 3.05) is 0 Å². The minimum atomic E-state index is -1.46. The maximum Gasteiger partial charge on any atom is 0.167 e. The number of nitrogens with zero attached hydrogens (tertiary/aromatic N) is 2. The first kappa shape index (κ1) is 22.8. The van der Waals surface area contributed by atoms with Crippen molar-refractivity contribution in [2.45, 2.75) is 44.3 Å². The van der Waals surface area contributed by atoms with Gasteiger partial charge in [0.15, 0.2) is 5.58 Å². The molecule has 2 atom stereocenters. The van der Waals surface area contributed by atoms with E-state index in [9.17, 15) is 4.21 Å². The summed E-state index contributed by atoms with van der Waals surface area (Å²) in [6.07, 6.45) is 3.16. The van der Waals surface area contributed by atoms with Crippen LogP contribution in [0.25, 0.3) is 22.2 Å². The fourth-order valence-corrected chi connectivity index (χ4v) is 4.94. The van der Waals surface area contributed by atoms with E-state index in [0.717, 1.165) is 43.5 Å². The molecule has 0 saturated heterocycles. The number of aryl methyl sites for hydroxylation is 1. The van der Waals surface area contributed by atoms with Gasteiger partial charge in [0.05, 0.1) is 15.7 Å². The van der Waals surface area contributed by atoms with Crippen LogP contribution in [0.4, 0.5) is 0 Å². The molecule has 0 saturated carbocycles. The number of para-hydroxylation sites is 1. The van der Waals surface area contributed by atoms with Gasteiger partial charge in [-0.15, -0.1) is 0 Å². The van der Waals surface area contributed by atoms with E-state index < -0.39 is 15.7 Å². The van der Waals surface area contributed by atoms with Crippen LogP contribution in [0.5, 0.6) is 0 Å². The van der Waals surface area contributed by atoms with Crippen molar-refractivity contribution in [1.29, 1.82) is 0 Å². The molecule has 0 bridgehead atoms. The maximum absolute atomic E-state index is 12.3. The normalized spacial score (nSPS) is 13.9. The fourth-order valence-electron chi connectivity index (χ4n) is 4.13. The van der Waals surface area contributed by atoms with Gasteiger partial charge in [0.2, 0.25) is 0 Å². The van der Waals surface area contributed by atoms with Gasteiger partial charge in [-0.1, -0.05) is 41.6 Å². The highest BCUT2D eigenvalue weighted by molar-refractivity contribution is 9.10. The third-order valence-corrected chi connectivity index (χ3v) is 7.60. The average Bonchev–Trinajstić information content (AvgIpc) is 3.19. The van der Waals surface area contributed by atoms with Crippen LogP contribution < -0.4 is 5.14 Å². The minimum Gasteiger partial charge on any atom is -0.356 e. The van der Waals surface area contributed by atoms with Gasteiger partial charge in [0.1, 0.15) is 5.69 Å². The molecule has 32 heavy (non-hydrogen) atoms. The predicted molar refractivity (Wildman–Crippen MR) is 134 cm³/mol. The number of rotatable bonds is 7. The number of benzene rings is 2. The van der Waals surface area contributed by atoms with Gasteiger partial charge in [-0.2, -0.15) is 0 Å².